The Bertz CT molecular complexity index is 2520. The normalized spacial score (nSPS) is 45.7. The SMILES string of the molecule is CC1O[C@@H](OC2C(O)[C@@H](NC(=O)CCCCCNC(=O)c3ccc(I)cc3)C(CO)O[C@H]2OC(=O)[C@]23CCC(C)(C)CC2C2=CCC4C5(C)CC[C@H](O)C(C)(C=O)C5CCC4(C)C2(C)CC3O)C(CO)C(O)[C@H]1O[C@@H]1OC[C@@H](O)C(O)C1O. The number of hydrogen-bond acceptors (Lipinski definition) is 19. The van der Waals surface area contributed by atoms with Crippen LogP contribution in [0.4, 0.5) is 0 Å². The molecule has 16 unspecified atom stereocenters. The van der Waals surface area contributed by atoms with Gasteiger partial charge in [0, 0.05) is 22.1 Å². The molecule has 1 aromatic carbocycles. The van der Waals surface area contributed by atoms with Crippen molar-refractivity contribution in [3.63, 3.8) is 0 Å². The monoisotopic (exact) mass is 1280 g/mol. The van der Waals surface area contributed by atoms with Gasteiger partial charge >= 0.3 is 5.97 Å². The topological polar surface area (TPSA) is 330 Å². The van der Waals surface area contributed by atoms with Crippen LogP contribution in [0.1, 0.15) is 142 Å². The van der Waals surface area contributed by atoms with E-state index >= 15 is 4.79 Å². The molecule has 11 N–H and O–H groups in total. The molecule has 2 amide bonds. The average Bonchev–Trinajstić information content (AvgIpc) is 0.743. The van der Waals surface area contributed by atoms with Crippen LogP contribution >= 0.6 is 22.6 Å². The molecule has 0 radical (unpaired) electrons. The first-order valence-electron chi connectivity index (χ1n) is 30.1. The molecule has 3 aliphatic heterocycles. The largest absolute Gasteiger partial charge is 0.432 e. The van der Waals surface area contributed by atoms with Crippen molar-refractivity contribution in [2.75, 3.05) is 26.4 Å². The van der Waals surface area contributed by atoms with Crippen LogP contribution in [0.5, 0.6) is 0 Å². The summed E-state index contributed by atoms with van der Waals surface area (Å²) in [7, 11) is 0. The number of hydrogen-bond donors (Lipinski definition) is 11. The first-order chi connectivity index (χ1) is 39.1. The zero-order valence-electron chi connectivity index (χ0n) is 48.9. The molecule has 0 aromatic heterocycles. The summed E-state index contributed by atoms with van der Waals surface area (Å²) in [4.78, 5) is 55.0. The second kappa shape index (κ2) is 25.0. The minimum atomic E-state index is -1.84. The quantitative estimate of drug-likeness (QED) is 0.0351. The van der Waals surface area contributed by atoms with Crippen molar-refractivity contribution in [3.05, 3.63) is 45.0 Å². The predicted molar refractivity (Wildman–Crippen MR) is 305 cm³/mol. The van der Waals surface area contributed by atoms with Crippen LogP contribution in [-0.2, 0) is 42.8 Å². The molecule has 4 saturated carbocycles. The minimum Gasteiger partial charge on any atom is -0.432 e. The second-order valence-corrected chi connectivity index (χ2v) is 28.5. The zero-order chi connectivity index (χ0) is 60.4. The number of rotatable bonds is 17. The molecule has 0 spiro atoms. The molecule has 24 atom stereocenters. The molecule has 1 aromatic rings. The van der Waals surface area contributed by atoms with Crippen LogP contribution in [0.25, 0.3) is 0 Å². The lowest BCUT2D eigenvalue weighted by atomic mass is 9.33. The lowest BCUT2D eigenvalue weighted by molar-refractivity contribution is -0.365. The van der Waals surface area contributed by atoms with Gasteiger partial charge in [-0.05, 0) is 164 Å². The summed E-state index contributed by atoms with van der Waals surface area (Å²) < 4.78 is 38.1. The maximum absolute atomic E-state index is 15.8. The van der Waals surface area contributed by atoms with Crippen molar-refractivity contribution in [1.29, 1.82) is 0 Å². The van der Waals surface area contributed by atoms with Crippen LogP contribution in [0, 0.1) is 59.7 Å². The summed E-state index contributed by atoms with van der Waals surface area (Å²) in [5, 5.41) is 107. The number of unbranched alkanes of at least 4 members (excludes halogenated alkanes) is 2. The van der Waals surface area contributed by atoms with Crippen molar-refractivity contribution in [2.24, 2.45) is 56.2 Å². The van der Waals surface area contributed by atoms with E-state index in [4.69, 9.17) is 28.4 Å². The number of ether oxygens (including phenoxy) is 6. The number of fused-ring (bicyclic) bond motifs is 7. The Kier molecular flexibility index (Phi) is 19.5. The number of amides is 2. The van der Waals surface area contributed by atoms with Gasteiger partial charge in [0.15, 0.2) is 18.7 Å². The van der Waals surface area contributed by atoms with Crippen molar-refractivity contribution >= 4 is 46.7 Å². The van der Waals surface area contributed by atoms with Gasteiger partial charge < -0.3 is 89.8 Å². The fourth-order valence-electron chi connectivity index (χ4n) is 16.9. The molecule has 7 fully saturated rings. The summed E-state index contributed by atoms with van der Waals surface area (Å²) >= 11 is 2.16. The smallest absolute Gasteiger partial charge is 0.317 e. The molecule has 22 heteroatoms. The maximum Gasteiger partial charge on any atom is 0.317 e. The Morgan fingerprint density at radius 1 is 0.759 bits per heavy atom. The number of benzene rings is 1. The number of aliphatic hydroxyl groups excluding tert-OH is 9. The number of esters is 1. The zero-order valence-corrected chi connectivity index (χ0v) is 51.1. The van der Waals surface area contributed by atoms with Gasteiger partial charge in [-0.25, -0.2) is 0 Å². The Balaban J connectivity index is 0.973. The average molecular weight is 1280 g/mol. The number of aliphatic hydroxyl groups is 9. The van der Waals surface area contributed by atoms with Gasteiger partial charge in [0.2, 0.25) is 12.2 Å². The van der Waals surface area contributed by atoms with Crippen LogP contribution < -0.4 is 10.6 Å². The van der Waals surface area contributed by atoms with Gasteiger partial charge in [-0.1, -0.05) is 59.6 Å². The third-order valence-electron chi connectivity index (χ3n) is 22.1. The van der Waals surface area contributed by atoms with Crippen molar-refractivity contribution in [1.82, 2.24) is 10.6 Å². The first-order valence-corrected chi connectivity index (χ1v) is 31.1. The fraction of sp³-hybridized carbons (Fsp3) is 0.803. The summed E-state index contributed by atoms with van der Waals surface area (Å²) in [6.45, 7) is 12.9. The highest BCUT2D eigenvalue weighted by atomic mass is 127. The molecular formula is C61H91IN2O19. The fourth-order valence-corrected chi connectivity index (χ4v) is 17.2. The van der Waals surface area contributed by atoms with Gasteiger partial charge in [-0.15, -0.1) is 0 Å². The number of nitrogens with one attached hydrogen (secondary N) is 2. The molecule has 3 heterocycles. The summed E-state index contributed by atoms with van der Waals surface area (Å²) in [5.41, 5.74) is -2.38. The Morgan fingerprint density at radius 2 is 1.47 bits per heavy atom. The number of carbonyl (C=O) groups excluding carboxylic acids is 4. The van der Waals surface area contributed by atoms with Crippen LogP contribution in [-0.4, -0.2) is 188 Å². The second-order valence-electron chi connectivity index (χ2n) is 27.3. The lowest BCUT2D eigenvalue weighted by Gasteiger charge is -2.71. The molecular weight excluding hydrogens is 1190 g/mol. The van der Waals surface area contributed by atoms with Gasteiger partial charge in [0.25, 0.3) is 5.91 Å². The van der Waals surface area contributed by atoms with E-state index in [-0.39, 0.29) is 59.9 Å². The Hall–Kier alpha value is -2.79. The highest BCUT2D eigenvalue weighted by Crippen LogP contribution is 2.76. The van der Waals surface area contributed by atoms with Crippen molar-refractivity contribution < 1.29 is 93.6 Å². The van der Waals surface area contributed by atoms with E-state index in [1.54, 1.807) is 12.1 Å². The third kappa shape index (κ3) is 11.7. The number of aldehydes is 1. The summed E-state index contributed by atoms with van der Waals surface area (Å²) in [6.07, 6.45) is -11.0. The van der Waals surface area contributed by atoms with E-state index in [0.29, 0.717) is 63.5 Å². The third-order valence-corrected chi connectivity index (χ3v) is 22.8. The van der Waals surface area contributed by atoms with E-state index < -0.39 is 145 Å². The van der Waals surface area contributed by atoms with Crippen LogP contribution in [0.15, 0.2) is 35.9 Å². The van der Waals surface area contributed by atoms with E-state index in [1.807, 2.05) is 19.1 Å². The van der Waals surface area contributed by atoms with Gasteiger partial charge in [0.05, 0.1) is 61.6 Å². The lowest BCUT2D eigenvalue weighted by Crippen LogP contribution is -2.69. The molecule has 3 saturated heterocycles. The molecule has 5 aliphatic carbocycles. The molecule has 8 aliphatic rings. The molecule has 83 heavy (non-hydrogen) atoms. The van der Waals surface area contributed by atoms with Crippen LogP contribution in [0.2, 0.25) is 0 Å². The molecule has 21 nitrogen and oxygen atoms in total. The Labute approximate surface area is 500 Å². The summed E-state index contributed by atoms with van der Waals surface area (Å²) in [6, 6.07) is 5.79. The van der Waals surface area contributed by atoms with E-state index in [9.17, 15) is 60.3 Å². The molecule has 9 rings (SSSR count). The standard InChI is InChI=1S/C61H91IN2O19/c1-31-49(81-53-48(75)46(73)37(68)29-78-53)45(72)34(27-65)52(79-31)82-50-47(74)44(64-43(71)11-9-8-10-24-63-51(76)32-12-14-33(62)15-13-32)38(28-66)80-54(50)83-55(77)61-23-22-56(2,3)25-36(61)35-16-17-40-57(4)20-19-41(69)58(5,30-67)39(57)18-21-59(40,6)60(35,7)26-42(61)70/h12-16,30-31,34,36-42,44-50,52-54,65-66,68-70,72-75H,8-11,17-29H2,1-7H3,(H,63,76)(H,64,71)/t31?,34?,36?,37-,38?,39?,40?,41+,42?,44+,45?,46?,47?,48?,49+,50?,52+,53+,54+,57?,58?,59?,60?,61-/m1/s1. The van der Waals surface area contributed by atoms with E-state index in [1.165, 1.54) is 6.92 Å². The van der Waals surface area contributed by atoms with Crippen molar-refractivity contribution in [2.45, 2.75) is 224 Å². The number of carbonyl (C=O) groups is 4. The Morgan fingerprint density at radius 3 is 2.16 bits per heavy atom. The summed E-state index contributed by atoms with van der Waals surface area (Å²) in [5.74, 6) is -3.37. The molecule has 0 bridgehead atoms. The van der Waals surface area contributed by atoms with Gasteiger partial charge in [0.1, 0.15) is 48.3 Å². The molecule has 466 valence electrons. The highest BCUT2D eigenvalue weighted by Gasteiger charge is 2.72. The van der Waals surface area contributed by atoms with Gasteiger partial charge in [-0.3, -0.25) is 14.4 Å². The first kappa shape index (κ1) is 64.7. The van der Waals surface area contributed by atoms with Gasteiger partial charge in [-0.2, -0.15) is 0 Å². The number of halogens is 1. The maximum atomic E-state index is 15.8. The van der Waals surface area contributed by atoms with Crippen LogP contribution in [0.3, 0.4) is 0 Å². The highest BCUT2D eigenvalue weighted by molar-refractivity contribution is 14.1. The van der Waals surface area contributed by atoms with Crippen molar-refractivity contribution in [3.8, 4) is 0 Å². The van der Waals surface area contributed by atoms with E-state index in [0.717, 1.165) is 28.3 Å². The van der Waals surface area contributed by atoms with E-state index in [2.05, 4.69) is 73.9 Å². The predicted octanol–water partition coefficient (Wildman–Crippen LogP) is 2.92. The minimum absolute atomic E-state index is 0.0109. The number of allylic oxidation sites excluding steroid dienone is 2.